The van der Waals surface area contributed by atoms with Crippen LogP contribution in [0.3, 0.4) is 0 Å². The lowest BCUT2D eigenvalue weighted by molar-refractivity contribution is -0.113. The molecule has 0 bridgehead atoms. The summed E-state index contributed by atoms with van der Waals surface area (Å²) in [4.78, 5) is 11.5. The van der Waals surface area contributed by atoms with Crippen molar-refractivity contribution in [1.82, 2.24) is 0 Å². The first kappa shape index (κ1) is 13.3. The van der Waals surface area contributed by atoms with Gasteiger partial charge in [-0.1, -0.05) is 22.0 Å². The minimum absolute atomic E-state index is 0.0253. The summed E-state index contributed by atoms with van der Waals surface area (Å²) >= 11 is 4.94. The fourth-order valence-corrected chi connectivity index (χ4v) is 2.21. The second-order valence-corrected chi connectivity index (χ2v) is 5.26. The van der Waals surface area contributed by atoms with E-state index in [1.54, 1.807) is 17.8 Å². The van der Waals surface area contributed by atoms with Crippen LogP contribution in [-0.4, -0.2) is 17.4 Å². The summed E-state index contributed by atoms with van der Waals surface area (Å²) in [5, 5.41) is 2.88. The molecule has 0 aromatic heterocycles. The van der Waals surface area contributed by atoms with Crippen LogP contribution >= 0.6 is 27.7 Å². The zero-order valence-corrected chi connectivity index (χ0v) is 11.5. The summed E-state index contributed by atoms with van der Waals surface area (Å²) in [6.45, 7) is 5.58. The molecule has 0 heterocycles. The predicted molar refractivity (Wildman–Crippen MR) is 75.0 cm³/mol. The lowest BCUT2D eigenvalue weighted by atomic mass is 10.2. The molecule has 0 aliphatic rings. The highest BCUT2D eigenvalue weighted by atomic mass is 79.9. The number of hydrogen-bond donors (Lipinski definition) is 1. The second-order valence-electron chi connectivity index (χ2n) is 3.31. The summed E-state index contributed by atoms with van der Waals surface area (Å²) in [7, 11) is 0. The Bertz CT molecular complexity index is 393. The van der Waals surface area contributed by atoms with Gasteiger partial charge in [0.1, 0.15) is 0 Å². The van der Waals surface area contributed by atoms with Gasteiger partial charge in [0.2, 0.25) is 5.91 Å². The smallest absolute Gasteiger partial charge is 0.234 e. The fourth-order valence-electron chi connectivity index (χ4n) is 1.19. The van der Waals surface area contributed by atoms with E-state index in [0.29, 0.717) is 5.75 Å². The number of benzene rings is 1. The van der Waals surface area contributed by atoms with Crippen LogP contribution in [-0.2, 0) is 4.79 Å². The Kier molecular flexibility index (Phi) is 5.63. The number of thioether (sulfide) groups is 1. The van der Waals surface area contributed by atoms with Crippen LogP contribution in [0.25, 0.3) is 0 Å². The fraction of sp³-hybridized carbons (Fsp3) is 0.250. The van der Waals surface area contributed by atoms with Crippen LogP contribution in [0.1, 0.15) is 5.56 Å². The average molecular weight is 300 g/mol. The molecule has 16 heavy (non-hydrogen) atoms. The van der Waals surface area contributed by atoms with Crippen LogP contribution < -0.4 is 5.32 Å². The second kappa shape index (κ2) is 6.76. The number of hydrogen-bond acceptors (Lipinski definition) is 2. The Morgan fingerprint density at radius 1 is 1.62 bits per heavy atom. The van der Waals surface area contributed by atoms with E-state index < -0.39 is 0 Å². The van der Waals surface area contributed by atoms with Crippen LogP contribution in [0, 0.1) is 6.92 Å². The molecule has 1 aromatic rings. The molecule has 0 unspecified atom stereocenters. The van der Waals surface area contributed by atoms with Gasteiger partial charge < -0.3 is 5.32 Å². The summed E-state index contributed by atoms with van der Waals surface area (Å²) in [6.07, 6.45) is 1.79. The van der Waals surface area contributed by atoms with Crippen molar-refractivity contribution >= 4 is 39.3 Å². The Hall–Kier alpha value is -0.740. The summed E-state index contributed by atoms with van der Waals surface area (Å²) < 4.78 is 1.02. The molecule has 0 saturated heterocycles. The maximum absolute atomic E-state index is 11.5. The lowest BCUT2D eigenvalue weighted by Gasteiger charge is -2.08. The van der Waals surface area contributed by atoms with Crippen LogP contribution in [0.5, 0.6) is 0 Å². The van der Waals surface area contributed by atoms with Crippen molar-refractivity contribution in [3.05, 3.63) is 40.9 Å². The van der Waals surface area contributed by atoms with Gasteiger partial charge >= 0.3 is 0 Å². The summed E-state index contributed by atoms with van der Waals surface area (Å²) in [6, 6.07) is 5.79. The molecule has 0 aliphatic carbocycles. The molecule has 0 spiro atoms. The standard InChI is InChI=1S/C12H14BrNOS/c1-3-6-16-8-12(15)14-11-5-4-10(13)7-9(11)2/h3-5,7H,1,6,8H2,2H3,(H,14,15). The third-order valence-electron chi connectivity index (χ3n) is 1.93. The van der Waals surface area contributed by atoms with Crippen molar-refractivity contribution in [1.29, 1.82) is 0 Å². The number of anilines is 1. The van der Waals surface area contributed by atoms with E-state index in [0.717, 1.165) is 21.5 Å². The highest BCUT2D eigenvalue weighted by molar-refractivity contribution is 9.10. The number of halogens is 1. The van der Waals surface area contributed by atoms with Gasteiger partial charge in [-0.25, -0.2) is 0 Å². The first-order valence-electron chi connectivity index (χ1n) is 4.88. The van der Waals surface area contributed by atoms with E-state index in [9.17, 15) is 4.79 Å². The molecule has 86 valence electrons. The number of carbonyl (C=O) groups is 1. The van der Waals surface area contributed by atoms with Crippen LogP contribution in [0.15, 0.2) is 35.3 Å². The first-order chi connectivity index (χ1) is 7.63. The van der Waals surface area contributed by atoms with Crippen molar-refractivity contribution in [2.75, 3.05) is 16.8 Å². The zero-order valence-electron chi connectivity index (χ0n) is 9.13. The number of carbonyl (C=O) groups excluding carboxylic acids is 1. The minimum Gasteiger partial charge on any atom is -0.325 e. The molecular formula is C12H14BrNOS. The Morgan fingerprint density at radius 2 is 2.38 bits per heavy atom. The molecule has 0 aliphatic heterocycles. The van der Waals surface area contributed by atoms with Gasteiger partial charge in [-0.3, -0.25) is 4.79 Å². The molecule has 0 atom stereocenters. The van der Waals surface area contributed by atoms with Gasteiger partial charge in [0.15, 0.2) is 0 Å². The van der Waals surface area contributed by atoms with E-state index in [1.165, 1.54) is 0 Å². The first-order valence-corrected chi connectivity index (χ1v) is 6.83. The maximum atomic E-state index is 11.5. The van der Waals surface area contributed by atoms with Crippen molar-refractivity contribution in [2.45, 2.75) is 6.92 Å². The minimum atomic E-state index is 0.0253. The van der Waals surface area contributed by atoms with Crippen LogP contribution in [0.4, 0.5) is 5.69 Å². The van der Waals surface area contributed by atoms with E-state index in [1.807, 2.05) is 25.1 Å². The quantitative estimate of drug-likeness (QED) is 0.665. The molecule has 2 nitrogen and oxygen atoms in total. The van der Waals surface area contributed by atoms with Crippen LogP contribution in [0.2, 0.25) is 0 Å². The molecule has 1 aromatic carbocycles. The van der Waals surface area contributed by atoms with Gasteiger partial charge in [-0.15, -0.1) is 18.3 Å². The monoisotopic (exact) mass is 299 g/mol. The van der Waals surface area contributed by atoms with Crippen molar-refractivity contribution in [2.24, 2.45) is 0 Å². The number of aryl methyl sites for hydroxylation is 1. The lowest BCUT2D eigenvalue weighted by Crippen LogP contribution is -2.14. The van der Waals surface area contributed by atoms with Gasteiger partial charge in [0, 0.05) is 15.9 Å². The molecule has 1 rings (SSSR count). The van der Waals surface area contributed by atoms with Crippen molar-refractivity contribution < 1.29 is 4.79 Å². The Balaban J connectivity index is 2.52. The zero-order chi connectivity index (χ0) is 12.0. The highest BCUT2D eigenvalue weighted by Crippen LogP contribution is 2.20. The van der Waals surface area contributed by atoms with Crippen molar-refractivity contribution in [3.63, 3.8) is 0 Å². The molecule has 1 N–H and O–H groups in total. The Morgan fingerprint density at radius 3 is 3.00 bits per heavy atom. The van der Waals surface area contributed by atoms with Crippen molar-refractivity contribution in [3.8, 4) is 0 Å². The van der Waals surface area contributed by atoms with Gasteiger partial charge in [0.05, 0.1) is 5.75 Å². The molecule has 4 heteroatoms. The number of nitrogens with one attached hydrogen (secondary N) is 1. The van der Waals surface area contributed by atoms with Gasteiger partial charge in [-0.05, 0) is 30.7 Å². The van der Waals surface area contributed by atoms with E-state index in [2.05, 4.69) is 27.8 Å². The largest absolute Gasteiger partial charge is 0.325 e. The number of rotatable bonds is 5. The summed E-state index contributed by atoms with van der Waals surface area (Å²) in [5.41, 5.74) is 1.92. The van der Waals surface area contributed by atoms with Gasteiger partial charge in [-0.2, -0.15) is 0 Å². The average Bonchev–Trinajstić information content (AvgIpc) is 2.23. The normalized spacial score (nSPS) is 9.88. The third-order valence-corrected chi connectivity index (χ3v) is 3.36. The summed E-state index contributed by atoms with van der Waals surface area (Å²) in [5.74, 6) is 1.28. The molecule has 0 fully saturated rings. The molecule has 0 radical (unpaired) electrons. The highest BCUT2D eigenvalue weighted by Gasteiger charge is 2.04. The molecule has 1 amide bonds. The molecular weight excluding hydrogens is 286 g/mol. The maximum Gasteiger partial charge on any atom is 0.234 e. The SMILES string of the molecule is C=CCSCC(=O)Nc1ccc(Br)cc1C. The third kappa shape index (κ3) is 4.41. The van der Waals surface area contributed by atoms with E-state index in [4.69, 9.17) is 0 Å². The Labute approximate surface area is 109 Å². The molecule has 0 saturated carbocycles. The predicted octanol–water partition coefficient (Wildman–Crippen LogP) is 3.62. The van der Waals surface area contributed by atoms with E-state index >= 15 is 0 Å². The topological polar surface area (TPSA) is 29.1 Å². The number of amides is 1. The van der Waals surface area contributed by atoms with E-state index in [-0.39, 0.29) is 5.91 Å². The van der Waals surface area contributed by atoms with Gasteiger partial charge in [0.25, 0.3) is 0 Å².